The lowest BCUT2D eigenvalue weighted by atomic mass is 9.85. The number of benzene rings is 1. The third-order valence-electron chi connectivity index (χ3n) is 3.54. The van der Waals surface area contributed by atoms with Crippen molar-refractivity contribution in [3.05, 3.63) is 30.3 Å². The molecule has 19 heavy (non-hydrogen) atoms. The number of carbonyl (C=O) groups excluding carboxylic acids is 1. The molecule has 106 valence electrons. The second-order valence-corrected chi connectivity index (χ2v) is 5.91. The minimum atomic E-state index is -0.922. The summed E-state index contributed by atoms with van der Waals surface area (Å²) >= 11 is 0. The quantitative estimate of drug-likeness (QED) is 0.763. The zero-order chi connectivity index (χ0) is 14.7. The molecule has 0 aliphatic heterocycles. The maximum atomic E-state index is 12.1. The Morgan fingerprint density at radius 1 is 1.16 bits per heavy atom. The van der Waals surface area contributed by atoms with E-state index in [0.717, 1.165) is 5.69 Å². The van der Waals surface area contributed by atoms with Crippen LogP contribution in [0.2, 0.25) is 0 Å². The standard InChI is InChI=1S/C15H24N2O2/c1-11(17-14(2,3)15(4,5)19)13(18)16-12-9-7-6-8-10-12/h6-11,17,19H,1-5H3,(H,16,18). The highest BCUT2D eigenvalue weighted by Gasteiger charge is 2.36. The Hall–Kier alpha value is -1.39. The monoisotopic (exact) mass is 264 g/mol. The van der Waals surface area contributed by atoms with E-state index in [4.69, 9.17) is 0 Å². The van der Waals surface area contributed by atoms with Crippen molar-refractivity contribution in [3.63, 3.8) is 0 Å². The van der Waals surface area contributed by atoms with E-state index in [1.165, 1.54) is 0 Å². The van der Waals surface area contributed by atoms with E-state index in [1.54, 1.807) is 20.8 Å². The molecule has 1 aromatic carbocycles. The molecule has 1 unspecified atom stereocenters. The zero-order valence-corrected chi connectivity index (χ0v) is 12.3. The minimum Gasteiger partial charge on any atom is -0.389 e. The van der Waals surface area contributed by atoms with Crippen molar-refractivity contribution in [2.45, 2.75) is 51.8 Å². The molecule has 1 atom stereocenters. The summed E-state index contributed by atoms with van der Waals surface area (Å²) in [4.78, 5) is 12.1. The van der Waals surface area contributed by atoms with Crippen LogP contribution < -0.4 is 10.6 Å². The number of nitrogens with one attached hydrogen (secondary N) is 2. The molecule has 0 radical (unpaired) electrons. The van der Waals surface area contributed by atoms with Crippen molar-refractivity contribution in [3.8, 4) is 0 Å². The molecule has 0 aliphatic carbocycles. The number of para-hydroxylation sites is 1. The number of carbonyl (C=O) groups is 1. The summed E-state index contributed by atoms with van der Waals surface area (Å²) in [6.07, 6.45) is 0. The fourth-order valence-corrected chi connectivity index (χ4v) is 1.56. The fourth-order valence-electron chi connectivity index (χ4n) is 1.56. The van der Waals surface area contributed by atoms with Gasteiger partial charge in [-0.3, -0.25) is 10.1 Å². The lowest BCUT2D eigenvalue weighted by Gasteiger charge is -2.40. The molecule has 1 rings (SSSR count). The van der Waals surface area contributed by atoms with Crippen LogP contribution >= 0.6 is 0 Å². The molecule has 0 fully saturated rings. The van der Waals surface area contributed by atoms with E-state index in [9.17, 15) is 9.90 Å². The Labute approximate surface area is 115 Å². The number of rotatable bonds is 5. The van der Waals surface area contributed by atoms with Crippen molar-refractivity contribution in [2.75, 3.05) is 5.32 Å². The van der Waals surface area contributed by atoms with Gasteiger partial charge in [-0.15, -0.1) is 0 Å². The van der Waals surface area contributed by atoms with Gasteiger partial charge >= 0.3 is 0 Å². The first kappa shape index (κ1) is 15.7. The molecular formula is C15H24N2O2. The molecule has 0 saturated carbocycles. The molecule has 4 heteroatoms. The molecule has 0 bridgehead atoms. The first-order valence-corrected chi connectivity index (χ1v) is 6.49. The first-order valence-electron chi connectivity index (χ1n) is 6.49. The van der Waals surface area contributed by atoms with Crippen LogP contribution in [-0.2, 0) is 4.79 Å². The van der Waals surface area contributed by atoms with Gasteiger partial charge in [0.25, 0.3) is 0 Å². The number of amides is 1. The van der Waals surface area contributed by atoms with Gasteiger partial charge in [0.05, 0.1) is 11.6 Å². The maximum absolute atomic E-state index is 12.1. The first-order chi connectivity index (χ1) is 8.63. The Balaban J connectivity index is 2.64. The van der Waals surface area contributed by atoms with E-state index in [2.05, 4.69) is 10.6 Å². The van der Waals surface area contributed by atoms with E-state index >= 15 is 0 Å². The Morgan fingerprint density at radius 2 is 1.68 bits per heavy atom. The lowest BCUT2D eigenvalue weighted by molar-refractivity contribution is -0.119. The van der Waals surface area contributed by atoms with Crippen LogP contribution in [0.5, 0.6) is 0 Å². The summed E-state index contributed by atoms with van der Waals surface area (Å²) in [6.45, 7) is 8.98. The zero-order valence-electron chi connectivity index (χ0n) is 12.3. The summed E-state index contributed by atoms with van der Waals surface area (Å²) in [5.41, 5.74) is -0.725. The molecule has 0 spiro atoms. The highest BCUT2D eigenvalue weighted by Crippen LogP contribution is 2.21. The second-order valence-electron chi connectivity index (χ2n) is 5.91. The van der Waals surface area contributed by atoms with Crippen molar-refractivity contribution in [2.24, 2.45) is 0 Å². The van der Waals surface area contributed by atoms with Crippen LogP contribution in [0.15, 0.2) is 30.3 Å². The van der Waals surface area contributed by atoms with Crippen LogP contribution in [0.1, 0.15) is 34.6 Å². The number of hydrogen-bond donors (Lipinski definition) is 3. The summed E-state index contributed by atoms with van der Waals surface area (Å²) < 4.78 is 0. The third kappa shape index (κ3) is 4.33. The van der Waals surface area contributed by atoms with E-state index in [1.807, 2.05) is 44.2 Å². The van der Waals surface area contributed by atoms with Crippen molar-refractivity contribution >= 4 is 11.6 Å². The number of hydrogen-bond acceptors (Lipinski definition) is 3. The van der Waals surface area contributed by atoms with Crippen molar-refractivity contribution < 1.29 is 9.90 Å². The number of aliphatic hydroxyl groups is 1. The smallest absolute Gasteiger partial charge is 0.241 e. The molecule has 1 amide bonds. The Kier molecular flexibility index (Phi) is 4.71. The maximum Gasteiger partial charge on any atom is 0.241 e. The largest absolute Gasteiger partial charge is 0.389 e. The molecule has 0 heterocycles. The molecule has 4 nitrogen and oxygen atoms in total. The average Bonchev–Trinajstić information content (AvgIpc) is 2.28. The van der Waals surface area contributed by atoms with Gasteiger partial charge in [-0.25, -0.2) is 0 Å². The highest BCUT2D eigenvalue weighted by atomic mass is 16.3. The summed E-state index contributed by atoms with van der Waals surface area (Å²) in [6, 6.07) is 8.91. The van der Waals surface area contributed by atoms with E-state index in [0.29, 0.717) is 0 Å². The lowest BCUT2D eigenvalue weighted by Crippen LogP contribution is -2.60. The normalized spacial score (nSPS) is 14.0. The van der Waals surface area contributed by atoms with Gasteiger partial charge in [-0.05, 0) is 46.8 Å². The summed E-state index contributed by atoms with van der Waals surface area (Å²) in [5, 5.41) is 16.1. The molecule has 0 aromatic heterocycles. The molecular weight excluding hydrogens is 240 g/mol. The van der Waals surface area contributed by atoms with Crippen molar-refractivity contribution in [1.82, 2.24) is 5.32 Å². The van der Waals surface area contributed by atoms with Gasteiger partial charge in [-0.2, -0.15) is 0 Å². The third-order valence-corrected chi connectivity index (χ3v) is 3.54. The average molecular weight is 264 g/mol. The topological polar surface area (TPSA) is 61.4 Å². The van der Waals surface area contributed by atoms with Crippen LogP contribution in [0.25, 0.3) is 0 Å². The predicted molar refractivity (Wildman–Crippen MR) is 78.0 cm³/mol. The molecule has 0 saturated heterocycles. The van der Waals surface area contributed by atoms with Crippen LogP contribution in [-0.4, -0.2) is 28.2 Å². The molecule has 0 aliphatic rings. The van der Waals surface area contributed by atoms with Crippen LogP contribution in [0.3, 0.4) is 0 Å². The van der Waals surface area contributed by atoms with Gasteiger partial charge < -0.3 is 10.4 Å². The summed E-state index contributed by atoms with van der Waals surface area (Å²) in [7, 11) is 0. The minimum absolute atomic E-state index is 0.122. The van der Waals surface area contributed by atoms with Crippen molar-refractivity contribution in [1.29, 1.82) is 0 Å². The van der Waals surface area contributed by atoms with E-state index < -0.39 is 17.2 Å². The summed E-state index contributed by atoms with van der Waals surface area (Å²) in [5.74, 6) is -0.122. The van der Waals surface area contributed by atoms with Gasteiger partial charge in [0, 0.05) is 11.2 Å². The molecule has 1 aromatic rings. The highest BCUT2D eigenvalue weighted by molar-refractivity contribution is 5.94. The Morgan fingerprint density at radius 3 is 2.16 bits per heavy atom. The van der Waals surface area contributed by atoms with Crippen LogP contribution in [0.4, 0.5) is 5.69 Å². The van der Waals surface area contributed by atoms with E-state index in [-0.39, 0.29) is 5.91 Å². The second kappa shape index (κ2) is 5.72. The van der Waals surface area contributed by atoms with Gasteiger partial charge in [0.2, 0.25) is 5.91 Å². The Bertz CT molecular complexity index is 422. The molecule has 3 N–H and O–H groups in total. The number of anilines is 1. The van der Waals surface area contributed by atoms with Crippen LogP contribution in [0, 0.1) is 0 Å². The van der Waals surface area contributed by atoms with Gasteiger partial charge in [0.1, 0.15) is 0 Å². The SMILES string of the molecule is CC(NC(C)(C)C(C)(C)O)C(=O)Nc1ccccc1. The van der Waals surface area contributed by atoms with Gasteiger partial charge in [-0.1, -0.05) is 18.2 Å². The fraction of sp³-hybridized carbons (Fsp3) is 0.533. The predicted octanol–water partition coefficient (Wildman–Crippen LogP) is 2.15. The van der Waals surface area contributed by atoms with Gasteiger partial charge in [0.15, 0.2) is 0 Å².